The largest absolute Gasteiger partial charge is 0.496 e. The first kappa shape index (κ1) is 28.4. The SMILES string of the molecule is COc1ccccc1-c1csc(C(=O)Nc2ccc(Oc3ccnc4c(OC)c(OCC5CCNCC5)ccc34)cn2)n1. The van der Waals surface area contributed by atoms with E-state index in [1.165, 1.54) is 11.3 Å². The van der Waals surface area contributed by atoms with Crippen LogP contribution in [0.2, 0.25) is 0 Å². The maximum Gasteiger partial charge on any atom is 0.285 e. The number of nitrogens with one attached hydrogen (secondary N) is 2. The number of amides is 1. The number of piperidine rings is 1. The van der Waals surface area contributed by atoms with Crippen molar-refractivity contribution in [1.82, 2.24) is 20.3 Å². The monoisotopic (exact) mass is 597 g/mol. The molecule has 10 nitrogen and oxygen atoms in total. The zero-order valence-electron chi connectivity index (χ0n) is 23.8. The Morgan fingerprint density at radius 2 is 1.84 bits per heavy atom. The fraction of sp³-hybridized carbons (Fsp3) is 0.250. The van der Waals surface area contributed by atoms with Crippen molar-refractivity contribution in [1.29, 1.82) is 0 Å². The van der Waals surface area contributed by atoms with Crippen molar-refractivity contribution in [3.8, 4) is 40.0 Å². The summed E-state index contributed by atoms with van der Waals surface area (Å²) in [5.41, 5.74) is 2.14. The van der Waals surface area contributed by atoms with E-state index in [-0.39, 0.29) is 5.91 Å². The van der Waals surface area contributed by atoms with Crippen molar-refractivity contribution in [3.05, 3.63) is 77.4 Å². The second-order valence-electron chi connectivity index (χ2n) is 9.98. The van der Waals surface area contributed by atoms with Gasteiger partial charge in [-0.1, -0.05) is 12.1 Å². The number of nitrogens with zero attached hydrogens (tertiary/aromatic N) is 3. The number of methoxy groups -OCH3 is 2. The highest BCUT2D eigenvalue weighted by atomic mass is 32.1. The average Bonchev–Trinajstić information content (AvgIpc) is 3.55. The molecule has 1 saturated heterocycles. The topological polar surface area (TPSA) is 117 Å². The summed E-state index contributed by atoms with van der Waals surface area (Å²) in [6.45, 7) is 2.68. The quantitative estimate of drug-likeness (QED) is 0.194. The van der Waals surface area contributed by atoms with E-state index >= 15 is 0 Å². The van der Waals surface area contributed by atoms with Crippen molar-refractivity contribution in [3.63, 3.8) is 0 Å². The lowest BCUT2D eigenvalue weighted by Crippen LogP contribution is -2.30. The lowest BCUT2D eigenvalue weighted by molar-refractivity contribution is 0.102. The Balaban J connectivity index is 1.13. The molecule has 1 aliphatic rings. The fourth-order valence-corrected chi connectivity index (χ4v) is 5.69. The first-order chi connectivity index (χ1) is 21.1. The molecule has 43 heavy (non-hydrogen) atoms. The molecule has 0 spiro atoms. The molecule has 0 bridgehead atoms. The third-order valence-electron chi connectivity index (χ3n) is 7.21. The number of rotatable bonds is 10. The molecule has 0 unspecified atom stereocenters. The Labute approximate surface area is 253 Å². The van der Waals surface area contributed by atoms with E-state index < -0.39 is 0 Å². The van der Waals surface area contributed by atoms with Gasteiger partial charge in [-0.2, -0.15) is 0 Å². The molecule has 1 amide bonds. The highest BCUT2D eigenvalue weighted by molar-refractivity contribution is 7.12. The number of carbonyl (C=O) groups is 1. The summed E-state index contributed by atoms with van der Waals surface area (Å²) in [5, 5.41) is 9.10. The van der Waals surface area contributed by atoms with Crippen LogP contribution >= 0.6 is 11.3 Å². The molecule has 0 atom stereocenters. The minimum atomic E-state index is -0.349. The number of anilines is 1. The van der Waals surface area contributed by atoms with Crippen LogP contribution in [0.3, 0.4) is 0 Å². The Hall–Kier alpha value is -4.74. The molecule has 1 fully saturated rings. The van der Waals surface area contributed by atoms with E-state index in [0.29, 0.717) is 63.3 Å². The lowest BCUT2D eigenvalue weighted by atomic mass is 9.99. The van der Waals surface area contributed by atoms with Gasteiger partial charge in [0.25, 0.3) is 5.91 Å². The normalized spacial score (nSPS) is 13.4. The van der Waals surface area contributed by atoms with Crippen LogP contribution in [-0.4, -0.2) is 54.8 Å². The zero-order valence-corrected chi connectivity index (χ0v) is 24.6. The van der Waals surface area contributed by atoms with Crippen LogP contribution in [0.4, 0.5) is 5.82 Å². The second kappa shape index (κ2) is 13.1. The van der Waals surface area contributed by atoms with Gasteiger partial charge in [-0.15, -0.1) is 11.3 Å². The van der Waals surface area contributed by atoms with E-state index in [1.807, 2.05) is 41.8 Å². The van der Waals surface area contributed by atoms with Crippen LogP contribution in [0.1, 0.15) is 22.6 Å². The number of hydrogen-bond acceptors (Lipinski definition) is 10. The molecule has 0 saturated carbocycles. The number of fused-ring (bicyclic) bond motifs is 1. The van der Waals surface area contributed by atoms with Gasteiger partial charge in [0.15, 0.2) is 16.5 Å². The molecule has 220 valence electrons. The molecule has 0 aliphatic carbocycles. The molecule has 2 N–H and O–H groups in total. The van der Waals surface area contributed by atoms with Gasteiger partial charge in [-0.25, -0.2) is 9.97 Å². The van der Waals surface area contributed by atoms with E-state index in [2.05, 4.69) is 25.6 Å². The maximum absolute atomic E-state index is 12.9. The molecule has 2 aromatic carbocycles. The van der Waals surface area contributed by atoms with E-state index in [9.17, 15) is 4.79 Å². The highest BCUT2D eigenvalue weighted by Gasteiger charge is 2.19. The van der Waals surface area contributed by atoms with Gasteiger partial charge >= 0.3 is 0 Å². The van der Waals surface area contributed by atoms with Crippen molar-refractivity contribution in [2.75, 3.05) is 39.2 Å². The van der Waals surface area contributed by atoms with Crippen LogP contribution in [0.25, 0.3) is 22.2 Å². The van der Waals surface area contributed by atoms with Crippen LogP contribution in [0.5, 0.6) is 28.7 Å². The number of hydrogen-bond donors (Lipinski definition) is 2. The van der Waals surface area contributed by atoms with Gasteiger partial charge in [0.1, 0.15) is 28.6 Å². The van der Waals surface area contributed by atoms with Crippen LogP contribution in [0.15, 0.2) is 72.4 Å². The lowest BCUT2D eigenvalue weighted by Gasteiger charge is -2.23. The number of ether oxygens (including phenoxy) is 4. The predicted molar refractivity (Wildman–Crippen MR) is 166 cm³/mol. The summed E-state index contributed by atoms with van der Waals surface area (Å²) >= 11 is 1.25. The molecule has 5 aromatic rings. The first-order valence-corrected chi connectivity index (χ1v) is 14.8. The van der Waals surface area contributed by atoms with Gasteiger partial charge in [-0.05, 0) is 74.3 Å². The molecule has 3 aromatic heterocycles. The number of carbonyl (C=O) groups excluding carboxylic acids is 1. The van der Waals surface area contributed by atoms with Gasteiger partial charge in [0, 0.05) is 22.5 Å². The number of para-hydroxylation sites is 1. The number of thiazole rings is 1. The number of pyridine rings is 2. The first-order valence-electron chi connectivity index (χ1n) is 14.0. The number of benzene rings is 2. The van der Waals surface area contributed by atoms with E-state index in [1.54, 1.807) is 44.8 Å². The Kier molecular flexibility index (Phi) is 8.62. The van der Waals surface area contributed by atoms with Gasteiger partial charge in [0.05, 0.1) is 32.7 Å². The van der Waals surface area contributed by atoms with Crippen LogP contribution < -0.4 is 29.6 Å². The van der Waals surface area contributed by atoms with Gasteiger partial charge in [-0.3, -0.25) is 9.78 Å². The Morgan fingerprint density at radius 3 is 2.63 bits per heavy atom. The van der Waals surface area contributed by atoms with Crippen molar-refractivity contribution in [2.24, 2.45) is 5.92 Å². The predicted octanol–water partition coefficient (Wildman–Crippen LogP) is 6.19. The van der Waals surface area contributed by atoms with Crippen molar-refractivity contribution < 1.29 is 23.7 Å². The highest BCUT2D eigenvalue weighted by Crippen LogP contribution is 2.39. The van der Waals surface area contributed by atoms with Crippen molar-refractivity contribution >= 4 is 34.0 Å². The zero-order chi connectivity index (χ0) is 29.6. The maximum atomic E-state index is 12.9. The Bertz CT molecular complexity index is 1720. The number of aromatic nitrogens is 3. The van der Waals surface area contributed by atoms with E-state index in [0.717, 1.165) is 36.9 Å². The minimum Gasteiger partial charge on any atom is -0.496 e. The molecule has 4 heterocycles. The summed E-state index contributed by atoms with van der Waals surface area (Å²) in [5.74, 6) is 3.57. The molecular weight excluding hydrogens is 566 g/mol. The van der Waals surface area contributed by atoms with Crippen molar-refractivity contribution in [2.45, 2.75) is 12.8 Å². The second-order valence-corrected chi connectivity index (χ2v) is 10.8. The minimum absolute atomic E-state index is 0.319. The fourth-order valence-electron chi connectivity index (χ4n) is 4.97. The molecule has 0 radical (unpaired) electrons. The molecule has 6 rings (SSSR count). The molecular formula is C32H31N5O5S. The third-order valence-corrected chi connectivity index (χ3v) is 8.06. The molecule has 11 heteroatoms. The van der Waals surface area contributed by atoms with E-state index in [4.69, 9.17) is 18.9 Å². The van der Waals surface area contributed by atoms with Crippen LogP contribution in [0, 0.1) is 5.92 Å². The summed E-state index contributed by atoms with van der Waals surface area (Å²) in [6, 6.07) is 16.6. The Morgan fingerprint density at radius 1 is 0.977 bits per heavy atom. The van der Waals surface area contributed by atoms with Gasteiger partial charge in [0.2, 0.25) is 0 Å². The van der Waals surface area contributed by atoms with Gasteiger partial charge < -0.3 is 29.6 Å². The summed E-state index contributed by atoms with van der Waals surface area (Å²) in [6.07, 6.45) is 5.42. The standard InChI is InChI=1S/C32H31N5O5S/c1-39-25-6-4-3-5-22(25)24-19-43-32(36-24)31(38)37-28-10-7-21(17-35-28)42-26-13-16-34-29-23(26)8-9-27(30(29)40-2)41-18-20-11-14-33-15-12-20/h3-10,13,16-17,19-20,33H,11-12,14-15,18H2,1-2H3,(H,35,37,38). The van der Waals surface area contributed by atoms with Crippen LogP contribution in [-0.2, 0) is 0 Å². The third kappa shape index (κ3) is 6.37. The molecule has 1 aliphatic heterocycles. The summed E-state index contributed by atoms with van der Waals surface area (Å²) in [7, 11) is 3.22. The smallest absolute Gasteiger partial charge is 0.285 e. The average molecular weight is 598 g/mol. The summed E-state index contributed by atoms with van der Waals surface area (Å²) in [4.78, 5) is 26.3. The summed E-state index contributed by atoms with van der Waals surface area (Å²) < 4.78 is 23.4.